The molecule has 2 heteroatoms. The maximum Gasteiger partial charge on any atom is 0.0874 e. The molecule has 2 nitrogen and oxygen atoms in total. The van der Waals surface area contributed by atoms with Gasteiger partial charge in [-0.2, -0.15) is 0 Å². The average molecular weight is 234 g/mol. The highest BCUT2D eigenvalue weighted by Gasteiger charge is 2.06. The minimum atomic E-state index is 0.787. The number of hydrogen-bond acceptors (Lipinski definition) is 1. The zero-order chi connectivity index (χ0) is 12.4. The van der Waals surface area contributed by atoms with Crippen LogP contribution in [0.2, 0.25) is 0 Å². The molecule has 0 atom stereocenters. The molecule has 0 bridgehead atoms. The maximum absolute atomic E-state index is 4.73. The minimum Gasteiger partial charge on any atom is -0.360 e. The Morgan fingerprint density at radius 1 is 1.17 bits per heavy atom. The smallest absolute Gasteiger partial charge is 0.0874 e. The number of aromatic amines is 1. The molecule has 3 aromatic rings. The molecule has 88 valence electrons. The molecule has 0 aliphatic rings. The van der Waals surface area contributed by atoms with E-state index in [2.05, 4.69) is 35.8 Å². The third-order valence-electron chi connectivity index (χ3n) is 3.03. The molecule has 3 rings (SSSR count). The van der Waals surface area contributed by atoms with E-state index in [0.29, 0.717) is 0 Å². The van der Waals surface area contributed by atoms with Crippen LogP contribution < -0.4 is 0 Å². The predicted octanol–water partition coefficient (Wildman–Crippen LogP) is 3.96. The van der Waals surface area contributed by atoms with Gasteiger partial charge in [0.25, 0.3) is 0 Å². The summed E-state index contributed by atoms with van der Waals surface area (Å²) in [6.07, 6.45) is 4.60. The van der Waals surface area contributed by atoms with E-state index in [0.717, 1.165) is 23.5 Å². The molecule has 0 unspecified atom stereocenters. The first kappa shape index (κ1) is 10.8. The van der Waals surface area contributed by atoms with Crippen molar-refractivity contribution in [2.24, 2.45) is 0 Å². The molecule has 0 fully saturated rings. The predicted molar refractivity (Wildman–Crippen MR) is 75.4 cm³/mol. The summed E-state index contributed by atoms with van der Waals surface area (Å²) in [6, 6.07) is 14.5. The molecule has 1 N–H and O–H groups in total. The summed E-state index contributed by atoms with van der Waals surface area (Å²) in [5.74, 6) is 0. The zero-order valence-corrected chi connectivity index (χ0v) is 10.1. The number of rotatable bonds is 3. The molecule has 0 amide bonds. The largest absolute Gasteiger partial charge is 0.360 e. The molecular formula is C16H14N2. The molecule has 0 aliphatic carbocycles. The van der Waals surface area contributed by atoms with Gasteiger partial charge in [0, 0.05) is 18.0 Å². The van der Waals surface area contributed by atoms with Gasteiger partial charge in [0.05, 0.1) is 17.1 Å². The Morgan fingerprint density at radius 3 is 2.83 bits per heavy atom. The molecule has 18 heavy (non-hydrogen) atoms. The van der Waals surface area contributed by atoms with Gasteiger partial charge in [0.15, 0.2) is 0 Å². The Bertz CT molecular complexity index is 681. The molecule has 2 aromatic heterocycles. The van der Waals surface area contributed by atoms with E-state index >= 15 is 0 Å². The fourth-order valence-corrected chi connectivity index (χ4v) is 2.19. The van der Waals surface area contributed by atoms with Crippen LogP contribution in [0.1, 0.15) is 5.69 Å². The summed E-state index contributed by atoms with van der Waals surface area (Å²) in [4.78, 5) is 7.93. The van der Waals surface area contributed by atoms with Gasteiger partial charge in [-0.3, -0.25) is 4.98 Å². The van der Waals surface area contributed by atoms with E-state index in [1.807, 2.05) is 30.5 Å². The van der Waals surface area contributed by atoms with Crippen LogP contribution in [0.5, 0.6) is 0 Å². The Morgan fingerprint density at radius 2 is 2.06 bits per heavy atom. The molecule has 0 aliphatic heterocycles. The van der Waals surface area contributed by atoms with Gasteiger partial charge in [-0.1, -0.05) is 30.3 Å². The van der Waals surface area contributed by atoms with E-state index < -0.39 is 0 Å². The molecule has 0 radical (unpaired) electrons. The van der Waals surface area contributed by atoms with Gasteiger partial charge in [-0.05, 0) is 23.6 Å². The van der Waals surface area contributed by atoms with Crippen LogP contribution in [0.3, 0.4) is 0 Å². The number of nitrogens with one attached hydrogen (secondary N) is 1. The molecule has 1 aromatic carbocycles. The lowest BCUT2D eigenvalue weighted by Crippen LogP contribution is -1.93. The van der Waals surface area contributed by atoms with E-state index in [4.69, 9.17) is 4.98 Å². The SMILES string of the molecule is C=CCc1nc(-c2ccc[nH]2)cc2ccccc12. The monoisotopic (exact) mass is 234 g/mol. The third kappa shape index (κ3) is 1.82. The van der Waals surface area contributed by atoms with Crippen LogP contribution in [0.15, 0.2) is 61.3 Å². The number of benzene rings is 1. The summed E-state index contributed by atoms with van der Waals surface area (Å²) in [7, 11) is 0. The summed E-state index contributed by atoms with van der Waals surface area (Å²) < 4.78 is 0. The van der Waals surface area contributed by atoms with Gasteiger partial charge < -0.3 is 4.98 Å². The quantitative estimate of drug-likeness (QED) is 0.683. The number of allylic oxidation sites excluding steroid dienone is 1. The highest BCUT2D eigenvalue weighted by atomic mass is 14.8. The first-order valence-electron chi connectivity index (χ1n) is 6.02. The highest BCUT2D eigenvalue weighted by Crippen LogP contribution is 2.24. The zero-order valence-electron chi connectivity index (χ0n) is 10.1. The van der Waals surface area contributed by atoms with Crippen LogP contribution in [0.25, 0.3) is 22.2 Å². The minimum absolute atomic E-state index is 0.787. The van der Waals surface area contributed by atoms with Crippen molar-refractivity contribution in [1.82, 2.24) is 9.97 Å². The Kier molecular flexibility index (Phi) is 2.69. The lowest BCUT2D eigenvalue weighted by Gasteiger charge is -2.07. The lowest BCUT2D eigenvalue weighted by atomic mass is 10.1. The lowest BCUT2D eigenvalue weighted by molar-refractivity contribution is 1.14. The molecule has 0 saturated carbocycles. The van der Waals surface area contributed by atoms with Crippen molar-refractivity contribution in [3.8, 4) is 11.4 Å². The van der Waals surface area contributed by atoms with Gasteiger partial charge in [0.1, 0.15) is 0 Å². The first-order valence-corrected chi connectivity index (χ1v) is 6.02. The standard InChI is InChI=1S/C16H14N2/c1-2-6-14-13-8-4-3-7-12(13)11-16(18-14)15-9-5-10-17-15/h2-5,7-11,17H,1,6H2. The third-order valence-corrected chi connectivity index (χ3v) is 3.03. The van der Waals surface area contributed by atoms with Gasteiger partial charge in [-0.15, -0.1) is 6.58 Å². The molecular weight excluding hydrogens is 220 g/mol. The van der Waals surface area contributed by atoms with Gasteiger partial charge in [-0.25, -0.2) is 0 Å². The van der Waals surface area contributed by atoms with E-state index in [-0.39, 0.29) is 0 Å². The number of pyridine rings is 1. The number of H-pyrrole nitrogens is 1. The van der Waals surface area contributed by atoms with E-state index in [9.17, 15) is 0 Å². The second kappa shape index (κ2) is 4.49. The summed E-state index contributed by atoms with van der Waals surface area (Å²) in [6.45, 7) is 3.81. The topological polar surface area (TPSA) is 28.7 Å². The Labute approximate surface area is 106 Å². The molecule has 2 heterocycles. The number of fused-ring (bicyclic) bond motifs is 1. The van der Waals surface area contributed by atoms with Crippen molar-refractivity contribution in [1.29, 1.82) is 0 Å². The number of aromatic nitrogens is 2. The van der Waals surface area contributed by atoms with Crippen molar-refractivity contribution in [2.45, 2.75) is 6.42 Å². The maximum atomic E-state index is 4.73. The Balaban J connectivity index is 2.26. The second-order valence-corrected chi connectivity index (χ2v) is 4.25. The van der Waals surface area contributed by atoms with Crippen LogP contribution in [0.4, 0.5) is 0 Å². The Hall–Kier alpha value is -2.35. The van der Waals surface area contributed by atoms with Crippen molar-refractivity contribution in [3.63, 3.8) is 0 Å². The van der Waals surface area contributed by atoms with Gasteiger partial charge in [0.2, 0.25) is 0 Å². The van der Waals surface area contributed by atoms with Crippen molar-refractivity contribution in [3.05, 3.63) is 67.0 Å². The fraction of sp³-hybridized carbons (Fsp3) is 0.0625. The summed E-state index contributed by atoms with van der Waals surface area (Å²) in [5.41, 5.74) is 3.11. The van der Waals surface area contributed by atoms with E-state index in [1.165, 1.54) is 10.8 Å². The number of nitrogens with zero attached hydrogens (tertiary/aromatic N) is 1. The van der Waals surface area contributed by atoms with Crippen LogP contribution >= 0.6 is 0 Å². The normalized spacial score (nSPS) is 10.7. The fourth-order valence-electron chi connectivity index (χ4n) is 2.19. The van der Waals surface area contributed by atoms with Crippen LogP contribution in [-0.2, 0) is 6.42 Å². The average Bonchev–Trinajstić information content (AvgIpc) is 2.93. The second-order valence-electron chi connectivity index (χ2n) is 4.25. The van der Waals surface area contributed by atoms with Crippen LogP contribution in [0, 0.1) is 0 Å². The van der Waals surface area contributed by atoms with E-state index in [1.54, 1.807) is 0 Å². The highest BCUT2D eigenvalue weighted by molar-refractivity contribution is 5.87. The van der Waals surface area contributed by atoms with Gasteiger partial charge >= 0.3 is 0 Å². The molecule has 0 spiro atoms. The van der Waals surface area contributed by atoms with Crippen molar-refractivity contribution in [2.75, 3.05) is 0 Å². The van der Waals surface area contributed by atoms with Crippen LogP contribution in [-0.4, -0.2) is 9.97 Å². The van der Waals surface area contributed by atoms with Crippen molar-refractivity contribution < 1.29 is 0 Å². The van der Waals surface area contributed by atoms with Crippen molar-refractivity contribution >= 4 is 10.8 Å². The molecule has 0 saturated heterocycles. The summed E-state index contributed by atoms with van der Waals surface area (Å²) >= 11 is 0. The first-order chi connectivity index (χ1) is 8.88. The number of hydrogen-bond donors (Lipinski definition) is 1. The summed E-state index contributed by atoms with van der Waals surface area (Å²) in [5, 5.41) is 2.42.